The summed E-state index contributed by atoms with van der Waals surface area (Å²) in [6, 6.07) is 11.7. The van der Waals surface area contributed by atoms with Gasteiger partial charge in [0, 0.05) is 5.69 Å². The summed E-state index contributed by atoms with van der Waals surface area (Å²) >= 11 is 0. The highest BCUT2D eigenvalue weighted by atomic mass is 19.1. The predicted molar refractivity (Wildman–Crippen MR) is 82.1 cm³/mol. The van der Waals surface area contributed by atoms with E-state index in [2.05, 4.69) is 15.8 Å². The summed E-state index contributed by atoms with van der Waals surface area (Å²) in [5, 5.41) is 6.46. The maximum Gasteiger partial charge on any atom is 0.339 e. The molecular formula is C16H16FN3O. The van der Waals surface area contributed by atoms with Gasteiger partial charge in [-0.2, -0.15) is 5.10 Å². The van der Waals surface area contributed by atoms with E-state index in [0.717, 1.165) is 5.56 Å². The van der Waals surface area contributed by atoms with Crippen molar-refractivity contribution in [3.63, 3.8) is 0 Å². The molecular weight excluding hydrogens is 269 g/mol. The Morgan fingerprint density at radius 2 is 1.90 bits per heavy atom. The van der Waals surface area contributed by atoms with Crippen LogP contribution in [0.1, 0.15) is 16.7 Å². The first-order valence-corrected chi connectivity index (χ1v) is 6.48. The number of nitrogens with one attached hydrogen (secondary N) is 2. The molecule has 2 amide bonds. The molecule has 0 fully saturated rings. The number of rotatable bonds is 3. The minimum absolute atomic E-state index is 0.302. The van der Waals surface area contributed by atoms with Gasteiger partial charge < -0.3 is 5.32 Å². The summed E-state index contributed by atoms with van der Waals surface area (Å²) in [5.74, 6) is -0.302. The van der Waals surface area contributed by atoms with Crippen molar-refractivity contribution in [3.8, 4) is 0 Å². The number of halogens is 1. The highest BCUT2D eigenvalue weighted by Gasteiger charge is 2.02. The lowest BCUT2D eigenvalue weighted by atomic mass is 10.1. The van der Waals surface area contributed by atoms with Crippen molar-refractivity contribution >= 4 is 17.9 Å². The monoisotopic (exact) mass is 285 g/mol. The van der Waals surface area contributed by atoms with Crippen molar-refractivity contribution in [2.75, 3.05) is 5.32 Å². The van der Waals surface area contributed by atoms with Crippen LogP contribution in [0, 0.1) is 19.7 Å². The lowest BCUT2D eigenvalue weighted by Gasteiger charge is -2.06. The number of anilines is 1. The minimum atomic E-state index is -0.451. The summed E-state index contributed by atoms with van der Waals surface area (Å²) in [7, 11) is 0. The summed E-state index contributed by atoms with van der Waals surface area (Å²) in [4.78, 5) is 11.7. The van der Waals surface area contributed by atoms with Gasteiger partial charge in [0.2, 0.25) is 0 Å². The average Bonchev–Trinajstić information content (AvgIpc) is 2.45. The molecule has 0 saturated heterocycles. The molecule has 2 aromatic carbocycles. The van der Waals surface area contributed by atoms with Crippen LogP contribution in [-0.2, 0) is 0 Å². The summed E-state index contributed by atoms with van der Waals surface area (Å²) < 4.78 is 13.3. The Kier molecular flexibility index (Phi) is 4.66. The van der Waals surface area contributed by atoms with Crippen LogP contribution in [0.5, 0.6) is 0 Å². The van der Waals surface area contributed by atoms with E-state index in [4.69, 9.17) is 0 Å². The molecule has 0 radical (unpaired) electrons. The van der Waals surface area contributed by atoms with Crippen LogP contribution in [0.4, 0.5) is 14.9 Å². The first-order chi connectivity index (χ1) is 10.1. The third kappa shape index (κ3) is 4.14. The molecule has 2 N–H and O–H groups in total. The van der Waals surface area contributed by atoms with Gasteiger partial charge >= 0.3 is 6.03 Å². The lowest BCUT2D eigenvalue weighted by molar-refractivity contribution is 0.252. The fraction of sp³-hybridized carbons (Fsp3) is 0.125. The number of carbonyl (C=O) groups excluding carboxylic acids is 1. The van der Waals surface area contributed by atoms with Gasteiger partial charge in [0.05, 0.1) is 6.21 Å². The van der Waals surface area contributed by atoms with Gasteiger partial charge in [-0.05, 0) is 42.7 Å². The second-order valence-corrected chi connectivity index (χ2v) is 4.65. The molecule has 0 unspecified atom stereocenters. The summed E-state index contributed by atoms with van der Waals surface area (Å²) in [5.41, 5.74) is 5.15. The number of urea groups is 1. The zero-order valence-electron chi connectivity index (χ0n) is 11.9. The number of hydrazone groups is 1. The topological polar surface area (TPSA) is 53.5 Å². The molecule has 5 heteroatoms. The standard InChI is InChI=1S/C16H16FN3O/c1-11-7-8-13(9-14(11)17)10-18-20-16(21)19-15-6-4-3-5-12(15)2/h3-10H,1-2H3,(H2,19,20,21)/b18-10+. The number of carbonyl (C=O) groups is 1. The highest BCUT2D eigenvalue weighted by molar-refractivity contribution is 5.91. The van der Waals surface area contributed by atoms with Gasteiger partial charge in [-0.15, -0.1) is 0 Å². The van der Waals surface area contributed by atoms with Crippen LogP contribution < -0.4 is 10.7 Å². The molecule has 0 heterocycles. The van der Waals surface area contributed by atoms with Crippen LogP contribution >= 0.6 is 0 Å². The van der Waals surface area contributed by atoms with Gasteiger partial charge in [0.1, 0.15) is 5.82 Å². The quantitative estimate of drug-likeness (QED) is 0.657. The third-order valence-electron chi connectivity index (χ3n) is 2.97. The van der Waals surface area contributed by atoms with Crippen molar-refractivity contribution in [3.05, 3.63) is 65.0 Å². The molecule has 0 aliphatic carbocycles. The van der Waals surface area contributed by atoms with E-state index < -0.39 is 6.03 Å². The molecule has 0 bridgehead atoms. The zero-order valence-corrected chi connectivity index (χ0v) is 11.9. The smallest absolute Gasteiger partial charge is 0.306 e. The van der Waals surface area contributed by atoms with E-state index in [9.17, 15) is 9.18 Å². The van der Waals surface area contributed by atoms with Gasteiger partial charge in [-0.3, -0.25) is 0 Å². The van der Waals surface area contributed by atoms with E-state index >= 15 is 0 Å². The van der Waals surface area contributed by atoms with Gasteiger partial charge in [-0.1, -0.05) is 30.3 Å². The van der Waals surface area contributed by atoms with Crippen LogP contribution in [0.15, 0.2) is 47.6 Å². The number of aryl methyl sites for hydroxylation is 2. The maximum absolute atomic E-state index is 13.3. The van der Waals surface area contributed by atoms with Crippen LogP contribution in [-0.4, -0.2) is 12.2 Å². The molecule has 0 spiro atoms. The fourth-order valence-electron chi connectivity index (χ4n) is 1.72. The van der Waals surface area contributed by atoms with Gasteiger partial charge in [-0.25, -0.2) is 14.6 Å². The molecule has 2 rings (SSSR count). The fourth-order valence-corrected chi connectivity index (χ4v) is 1.72. The van der Waals surface area contributed by atoms with E-state index in [1.165, 1.54) is 12.3 Å². The number of nitrogens with zero attached hydrogens (tertiary/aromatic N) is 1. The first-order valence-electron chi connectivity index (χ1n) is 6.48. The Labute approximate surface area is 122 Å². The van der Waals surface area contributed by atoms with Gasteiger partial charge in [0.15, 0.2) is 0 Å². The Hall–Kier alpha value is -2.69. The molecule has 2 aromatic rings. The second kappa shape index (κ2) is 6.65. The van der Waals surface area contributed by atoms with E-state index in [0.29, 0.717) is 16.8 Å². The Balaban J connectivity index is 1.93. The van der Waals surface area contributed by atoms with Crippen molar-refractivity contribution in [1.29, 1.82) is 0 Å². The van der Waals surface area contributed by atoms with Crippen molar-refractivity contribution < 1.29 is 9.18 Å². The Morgan fingerprint density at radius 3 is 2.62 bits per heavy atom. The third-order valence-corrected chi connectivity index (χ3v) is 2.97. The van der Waals surface area contributed by atoms with Crippen LogP contribution in [0.2, 0.25) is 0 Å². The summed E-state index contributed by atoms with van der Waals surface area (Å²) in [6.07, 6.45) is 1.39. The highest BCUT2D eigenvalue weighted by Crippen LogP contribution is 2.12. The van der Waals surface area contributed by atoms with E-state index in [1.54, 1.807) is 25.1 Å². The number of hydrogen-bond acceptors (Lipinski definition) is 2. The summed E-state index contributed by atoms with van der Waals surface area (Å²) in [6.45, 7) is 3.58. The molecule has 108 valence electrons. The van der Waals surface area contributed by atoms with Crippen LogP contribution in [0.3, 0.4) is 0 Å². The van der Waals surface area contributed by atoms with Crippen molar-refractivity contribution in [2.45, 2.75) is 13.8 Å². The molecule has 4 nitrogen and oxygen atoms in total. The lowest BCUT2D eigenvalue weighted by Crippen LogP contribution is -2.24. The van der Waals surface area contributed by atoms with Crippen molar-refractivity contribution in [1.82, 2.24) is 5.43 Å². The molecule has 0 saturated carbocycles. The van der Waals surface area contributed by atoms with E-state index in [-0.39, 0.29) is 5.82 Å². The molecule has 0 aromatic heterocycles. The first kappa shape index (κ1) is 14.7. The molecule has 0 atom stereocenters. The van der Waals surface area contributed by atoms with Crippen molar-refractivity contribution in [2.24, 2.45) is 5.10 Å². The maximum atomic E-state index is 13.3. The average molecular weight is 285 g/mol. The Bertz CT molecular complexity index is 683. The second-order valence-electron chi connectivity index (χ2n) is 4.65. The number of hydrogen-bond donors (Lipinski definition) is 2. The van der Waals surface area contributed by atoms with Gasteiger partial charge in [0.25, 0.3) is 0 Å². The number of amides is 2. The molecule has 21 heavy (non-hydrogen) atoms. The molecule has 0 aliphatic heterocycles. The minimum Gasteiger partial charge on any atom is -0.306 e. The SMILES string of the molecule is Cc1ccc(/C=N/NC(=O)Nc2ccccc2C)cc1F. The Morgan fingerprint density at radius 1 is 1.14 bits per heavy atom. The largest absolute Gasteiger partial charge is 0.339 e. The normalized spacial score (nSPS) is 10.6. The number of para-hydroxylation sites is 1. The number of benzene rings is 2. The molecule has 0 aliphatic rings. The zero-order chi connectivity index (χ0) is 15.2. The predicted octanol–water partition coefficient (Wildman–Crippen LogP) is 3.60. The van der Waals surface area contributed by atoms with Crippen LogP contribution in [0.25, 0.3) is 0 Å². The van der Waals surface area contributed by atoms with E-state index in [1.807, 2.05) is 25.1 Å².